The zero-order valence-electron chi connectivity index (χ0n) is 68.8. The quantitative estimate of drug-likeness (QED) is 0.107. The van der Waals surface area contributed by atoms with Crippen LogP contribution >= 0.6 is 0 Å². The maximum atomic E-state index is 9.33. The van der Waals surface area contributed by atoms with Crippen LogP contribution in [0.2, 0.25) is 0 Å². The molecule has 0 fully saturated rings. The Hall–Kier alpha value is -13.6. The number of hydrogen-bond acceptors (Lipinski definition) is 4. The normalized spacial score (nSPS) is 10.6. The molecule has 568 valence electrons. The largest absolute Gasteiger partial charge is 0.494 e. The fourth-order valence-electron chi connectivity index (χ4n) is 12.1. The first-order valence-electron chi connectivity index (χ1n) is 39.8. The third-order valence-electron chi connectivity index (χ3n) is 19.0. The highest BCUT2D eigenvalue weighted by Crippen LogP contribution is 2.29. The van der Waals surface area contributed by atoms with Crippen LogP contribution in [-0.2, 0) is 21.7 Å². The molecule has 0 atom stereocenters. The lowest BCUT2D eigenvalue weighted by Crippen LogP contribution is -2.10. The van der Waals surface area contributed by atoms with Gasteiger partial charge in [-0.3, -0.25) is 0 Å². The Labute approximate surface area is 691 Å². The van der Waals surface area contributed by atoms with Crippen LogP contribution in [0.4, 0.5) is 0 Å². The maximum Gasteiger partial charge on any atom is 0.121 e. The van der Waals surface area contributed by atoms with E-state index in [1.165, 1.54) is 0 Å². The molecule has 17 aromatic carbocycles. The van der Waals surface area contributed by atoms with E-state index in [1.54, 1.807) is 0 Å². The molecule has 17 aromatic rings. The van der Waals surface area contributed by atoms with E-state index < -0.39 is 0 Å². The van der Waals surface area contributed by atoms with Crippen molar-refractivity contribution in [2.24, 2.45) is 0 Å². The molecule has 20 bridgehead atoms. The minimum atomic E-state index is -0.153. The summed E-state index contributed by atoms with van der Waals surface area (Å²) in [5.41, 5.74) is 3.88. The monoisotopic (exact) mass is 1500 g/mol. The summed E-state index contributed by atoms with van der Waals surface area (Å²) >= 11 is 0. The van der Waals surface area contributed by atoms with E-state index in [0.29, 0.717) is 24.7 Å². The third kappa shape index (κ3) is 26.8. The molecular weight excluding hydrogens is 1410 g/mol. The molecule has 116 heavy (non-hydrogen) atoms. The molecule has 4 nitrogen and oxygen atoms in total. The average molecular weight is 1510 g/mol. The highest BCUT2D eigenvalue weighted by Gasteiger charge is 2.17. The first-order valence-corrected chi connectivity index (χ1v) is 39.8. The van der Waals surface area contributed by atoms with E-state index in [2.05, 4.69) is 277 Å². The van der Waals surface area contributed by atoms with Crippen LogP contribution in [0.5, 0.6) is 11.5 Å². The van der Waals surface area contributed by atoms with Gasteiger partial charge >= 0.3 is 0 Å². The van der Waals surface area contributed by atoms with Crippen molar-refractivity contribution in [1.82, 2.24) is 0 Å². The zero-order valence-corrected chi connectivity index (χ0v) is 68.8. The van der Waals surface area contributed by atoms with Gasteiger partial charge in [0, 0.05) is 121 Å². The topological polar surface area (TPSA) is 58.9 Å². The SMILES string of the molecule is CC(C)(C)c1cc2c#cc#cc3cc(C(C)(C)C)cc(c#cc4ccc(c#cc5cc(OCCCCCCO)cc(c#cc6ccc(c#cc7cc(C(C)(C)C)cc(c#cc#cc8cc(C(C)(C)C)cc(c#cc9ccc(c#cc%10cc(OCCCCCCO)cc(c#cc%11ccc(c#cc(c1)c2)cc%11)c%10)cc9)c8)c7)cc6)c5)cc4)c3. The molecule has 0 aliphatic heterocycles. The minimum absolute atomic E-state index is 0.153. The van der Waals surface area contributed by atoms with Crippen molar-refractivity contribution in [3.8, 4) is 11.5 Å². The summed E-state index contributed by atoms with van der Waals surface area (Å²) < 4.78 is 12.6. The van der Waals surface area contributed by atoms with Crippen LogP contribution < -0.4 is 9.47 Å². The van der Waals surface area contributed by atoms with Crippen LogP contribution in [0, 0.1) is 146 Å². The Kier molecular flexibility index (Phi) is 28.6. The first kappa shape index (κ1) is 83.4. The van der Waals surface area contributed by atoms with E-state index >= 15 is 0 Å². The number of hydrogen-bond donors (Lipinski definition) is 2. The van der Waals surface area contributed by atoms with Gasteiger partial charge in [-0.05, 0) is 313 Å². The number of ether oxygens (including phenoxy) is 2. The summed E-state index contributed by atoms with van der Waals surface area (Å²) in [6, 6.07) is 149. The molecule has 0 radical (unpaired) electrons. The van der Waals surface area contributed by atoms with Crippen LogP contribution in [0.1, 0.15) is 157 Å². The van der Waals surface area contributed by atoms with Crippen LogP contribution in [0.25, 0.3) is 108 Å². The van der Waals surface area contributed by atoms with Crippen molar-refractivity contribution < 1.29 is 19.7 Å². The Morgan fingerprint density at radius 3 is 0.517 bits per heavy atom. The molecule has 0 spiro atoms. The molecule has 0 aliphatic rings. The molecule has 4 heteroatoms. The number of aliphatic hydroxyl groups excluding tert-OH is 2. The van der Waals surface area contributed by atoms with Gasteiger partial charge in [-0.15, -0.1) is 0 Å². The van der Waals surface area contributed by atoms with Gasteiger partial charge in [0.25, 0.3) is 0 Å². The summed E-state index contributed by atoms with van der Waals surface area (Å²) in [7, 11) is 0. The van der Waals surface area contributed by atoms with Crippen molar-refractivity contribution in [3.63, 3.8) is 0 Å². The fraction of sp³-hybridized carbons (Fsp3) is 0.250. The maximum absolute atomic E-state index is 9.33. The molecule has 0 unspecified atom stereocenters. The zero-order chi connectivity index (χ0) is 81.9. The lowest BCUT2D eigenvalue weighted by atomic mass is 9.86. The van der Waals surface area contributed by atoms with E-state index in [-0.39, 0.29) is 34.9 Å². The van der Waals surface area contributed by atoms with Gasteiger partial charge in [0.2, 0.25) is 0 Å². The highest BCUT2D eigenvalue weighted by molar-refractivity contribution is 5.75. The van der Waals surface area contributed by atoms with Crippen molar-refractivity contribution in [3.05, 3.63) is 374 Å². The third-order valence-corrected chi connectivity index (χ3v) is 19.0. The van der Waals surface area contributed by atoms with E-state index in [4.69, 9.17) is 9.47 Å². The first-order chi connectivity index (χ1) is 55.8. The predicted octanol–water partition coefficient (Wildman–Crippen LogP) is 26.2. The predicted molar refractivity (Wildman–Crippen MR) is 478 cm³/mol. The summed E-state index contributed by atoms with van der Waals surface area (Å²) in [4.78, 5) is 0. The van der Waals surface area contributed by atoms with Gasteiger partial charge in [0.05, 0.1) is 13.2 Å². The molecular formula is C112H96O4. The second-order valence-electron chi connectivity index (χ2n) is 33.0. The van der Waals surface area contributed by atoms with Crippen LogP contribution in [0.3, 0.4) is 0 Å². The fourth-order valence-corrected chi connectivity index (χ4v) is 12.1. The summed E-state index contributed by atoms with van der Waals surface area (Å²) in [6.45, 7) is 27.8. The Morgan fingerprint density at radius 2 is 0.345 bits per heavy atom. The van der Waals surface area contributed by atoms with Gasteiger partial charge in [-0.25, -0.2) is 0 Å². The van der Waals surface area contributed by atoms with E-state index in [0.717, 1.165) is 181 Å². The molecule has 0 heterocycles. The van der Waals surface area contributed by atoms with Crippen LogP contribution in [0.15, 0.2) is 206 Å². The second-order valence-corrected chi connectivity index (χ2v) is 33.0. The molecule has 0 saturated carbocycles. The minimum Gasteiger partial charge on any atom is -0.494 e. The lowest BCUT2D eigenvalue weighted by molar-refractivity contribution is 0.273. The summed E-state index contributed by atoms with van der Waals surface area (Å²) in [6.07, 6.45) is 7.13. The van der Waals surface area contributed by atoms with Crippen LogP contribution in [-0.4, -0.2) is 36.6 Å². The van der Waals surface area contributed by atoms with E-state index in [9.17, 15) is 10.2 Å². The Bertz CT molecular complexity index is 5220. The van der Waals surface area contributed by atoms with Gasteiger partial charge in [-0.1, -0.05) is 217 Å². The molecule has 0 aromatic heterocycles. The number of rotatable bonds is 14. The molecule has 0 amide bonds. The van der Waals surface area contributed by atoms with Gasteiger partial charge in [0.15, 0.2) is 0 Å². The molecule has 0 saturated heterocycles. The summed E-state index contributed by atoms with van der Waals surface area (Å²) in [5.74, 6) is 1.40. The number of aliphatic hydroxyl groups is 2. The Morgan fingerprint density at radius 1 is 0.190 bits per heavy atom. The molecule has 0 aliphatic carbocycles. The number of benzene rings is 10. The smallest absolute Gasteiger partial charge is 0.121 e. The van der Waals surface area contributed by atoms with Gasteiger partial charge in [-0.2, -0.15) is 0 Å². The van der Waals surface area contributed by atoms with Gasteiger partial charge in [0.1, 0.15) is 11.5 Å². The van der Waals surface area contributed by atoms with Crippen molar-refractivity contribution in [2.75, 3.05) is 26.4 Å². The second kappa shape index (κ2) is 39.8. The van der Waals surface area contributed by atoms with Crippen molar-refractivity contribution in [2.45, 2.75) is 156 Å². The molecule has 2 N–H and O–H groups in total. The molecule has 17 rings (SSSR count). The van der Waals surface area contributed by atoms with Gasteiger partial charge < -0.3 is 19.7 Å². The Balaban J connectivity index is 0.992. The van der Waals surface area contributed by atoms with Crippen molar-refractivity contribution in [1.29, 1.82) is 0 Å². The standard InChI is InChI=1S/C112H96O4/c1-109(2,3)103-71-91-25-17-18-26-92-66-96(76-104(72-92)110(4,5)6)54-46-84-31-39-88(40-32-84)51-59-101-70-102(82-108(81-101)116-64-24-16-14-22-62-114)60-52-90-43-35-86(36-44-90)48-56-98-68-94(74-106(78-98)112(10,11)12)28-20-19-27-93-67-97(77-105(73-93)111(7,8)9)55-47-85-33-41-89(42-34-85)50-58-100-69-99(79-107(80-100)115-63-23-15-13-21-61-113)57-49-87-37-29-83(30-38-87)45-53-95(65-91)75-103/h29-44,65-82,113-114H,13-16,21-24,61-64H2,1-12H3. The van der Waals surface area contributed by atoms with E-state index in [1.807, 2.05) is 158 Å². The lowest BCUT2D eigenvalue weighted by Gasteiger charge is -2.18. The van der Waals surface area contributed by atoms with Crippen molar-refractivity contribution >= 4 is 108 Å². The number of unbranched alkanes of at least 4 members (excludes halogenated alkanes) is 6. The highest BCUT2D eigenvalue weighted by atomic mass is 16.5. The summed E-state index contributed by atoms with van der Waals surface area (Å²) in [5, 5.41) is 35.4. The average Bonchev–Trinajstić information content (AvgIpc) is 0.861.